The maximum Gasteiger partial charge on any atom is 0.251 e. The summed E-state index contributed by atoms with van der Waals surface area (Å²) in [6.07, 6.45) is 2.89. The van der Waals surface area contributed by atoms with E-state index in [9.17, 15) is 4.79 Å². The van der Waals surface area contributed by atoms with Crippen LogP contribution >= 0.6 is 0 Å². The minimum Gasteiger partial charge on any atom is -0.494 e. The van der Waals surface area contributed by atoms with Gasteiger partial charge in [0.25, 0.3) is 5.91 Å². The van der Waals surface area contributed by atoms with Gasteiger partial charge >= 0.3 is 0 Å². The second kappa shape index (κ2) is 6.75. The first kappa shape index (κ1) is 14.9. The first-order valence-electron chi connectivity index (χ1n) is 7.39. The third-order valence-electron chi connectivity index (χ3n) is 3.69. The van der Waals surface area contributed by atoms with Gasteiger partial charge in [0.1, 0.15) is 5.75 Å². The summed E-state index contributed by atoms with van der Waals surface area (Å²) in [4.78, 5) is 12.4. The van der Waals surface area contributed by atoms with Gasteiger partial charge in [0.15, 0.2) is 0 Å². The molecule has 0 atom stereocenters. The number of nitrogens with one attached hydrogen (secondary N) is 2. The molecule has 0 aliphatic carbocycles. The van der Waals surface area contributed by atoms with E-state index in [1.165, 1.54) is 0 Å². The number of piperidine rings is 1. The quantitative estimate of drug-likeness (QED) is 0.868. The van der Waals surface area contributed by atoms with E-state index in [4.69, 9.17) is 4.74 Å². The summed E-state index contributed by atoms with van der Waals surface area (Å²) in [5, 5.41) is 6.47. The average molecular weight is 276 g/mol. The van der Waals surface area contributed by atoms with Crippen molar-refractivity contribution < 1.29 is 9.53 Å². The number of amides is 1. The van der Waals surface area contributed by atoms with Crippen molar-refractivity contribution in [1.82, 2.24) is 10.6 Å². The molecule has 1 aromatic carbocycles. The van der Waals surface area contributed by atoms with Gasteiger partial charge in [-0.25, -0.2) is 0 Å². The van der Waals surface area contributed by atoms with Gasteiger partial charge in [0, 0.05) is 11.1 Å². The van der Waals surface area contributed by atoms with Gasteiger partial charge in [0.2, 0.25) is 0 Å². The van der Waals surface area contributed by atoms with Gasteiger partial charge in [0.05, 0.1) is 6.61 Å². The smallest absolute Gasteiger partial charge is 0.251 e. The lowest BCUT2D eigenvalue weighted by Gasteiger charge is -2.35. The Hall–Kier alpha value is -1.55. The Bertz CT molecular complexity index is 454. The van der Waals surface area contributed by atoms with Gasteiger partial charge < -0.3 is 15.4 Å². The lowest BCUT2D eigenvalue weighted by molar-refractivity contribution is 0.0887. The van der Waals surface area contributed by atoms with Gasteiger partial charge in [-0.15, -0.1) is 0 Å². The molecule has 20 heavy (non-hydrogen) atoms. The largest absolute Gasteiger partial charge is 0.494 e. The molecule has 4 nitrogen and oxygen atoms in total. The minimum atomic E-state index is -0.109. The number of rotatable bonds is 5. The molecular weight excluding hydrogens is 252 g/mol. The van der Waals surface area contributed by atoms with Crippen LogP contribution in [0.2, 0.25) is 0 Å². The lowest BCUT2D eigenvalue weighted by Crippen LogP contribution is -2.52. The molecule has 1 saturated heterocycles. The molecule has 1 heterocycles. The van der Waals surface area contributed by atoms with Crippen molar-refractivity contribution >= 4 is 5.91 Å². The van der Waals surface area contributed by atoms with E-state index < -0.39 is 0 Å². The molecule has 4 heteroatoms. The Kier molecular flexibility index (Phi) is 5.01. The van der Waals surface area contributed by atoms with Crippen molar-refractivity contribution in [2.75, 3.05) is 19.7 Å². The summed E-state index contributed by atoms with van der Waals surface area (Å²) in [5.41, 5.74) is 0.557. The van der Waals surface area contributed by atoms with Crippen LogP contribution in [0.25, 0.3) is 0 Å². The first-order chi connectivity index (χ1) is 9.63. The molecular formula is C16H24N2O2. The van der Waals surface area contributed by atoms with E-state index in [1.807, 2.05) is 24.3 Å². The van der Waals surface area contributed by atoms with Crippen LogP contribution in [0.1, 0.15) is 43.5 Å². The molecule has 0 aromatic heterocycles. The van der Waals surface area contributed by atoms with Crippen LogP contribution < -0.4 is 15.4 Å². The summed E-state index contributed by atoms with van der Waals surface area (Å²) < 4.78 is 5.57. The van der Waals surface area contributed by atoms with Crippen molar-refractivity contribution in [3.05, 3.63) is 29.8 Å². The Labute approximate surface area is 120 Å². The number of hydrogen-bond donors (Lipinski definition) is 2. The Balaban J connectivity index is 2.01. The number of ether oxygens (including phenoxy) is 1. The summed E-state index contributed by atoms with van der Waals surface area (Å²) in [5.74, 6) is 0.742. The molecule has 110 valence electrons. The lowest BCUT2D eigenvalue weighted by atomic mass is 9.90. The predicted molar refractivity (Wildman–Crippen MR) is 80.2 cm³/mol. The Morgan fingerprint density at radius 3 is 2.85 bits per heavy atom. The van der Waals surface area contributed by atoms with Crippen molar-refractivity contribution in [2.24, 2.45) is 0 Å². The molecule has 1 aliphatic rings. The third-order valence-corrected chi connectivity index (χ3v) is 3.69. The highest BCUT2D eigenvalue weighted by Crippen LogP contribution is 2.19. The van der Waals surface area contributed by atoms with Crippen LogP contribution in [-0.2, 0) is 0 Å². The zero-order valence-electron chi connectivity index (χ0n) is 12.4. The molecule has 0 saturated carbocycles. The average Bonchev–Trinajstić information content (AvgIpc) is 2.45. The second-order valence-electron chi connectivity index (χ2n) is 5.64. The number of hydrogen-bond acceptors (Lipinski definition) is 3. The molecule has 0 spiro atoms. The van der Waals surface area contributed by atoms with Gasteiger partial charge in [-0.3, -0.25) is 4.79 Å². The van der Waals surface area contributed by atoms with Crippen LogP contribution in [0, 0.1) is 0 Å². The van der Waals surface area contributed by atoms with E-state index in [0.29, 0.717) is 12.2 Å². The number of carbonyl (C=O) groups excluding carboxylic acids is 1. The van der Waals surface area contributed by atoms with Crippen molar-refractivity contribution in [2.45, 2.75) is 38.6 Å². The zero-order valence-corrected chi connectivity index (χ0v) is 12.4. The summed E-state index contributed by atoms with van der Waals surface area (Å²) in [6.45, 7) is 6.76. The fourth-order valence-corrected chi connectivity index (χ4v) is 2.40. The normalized spacial score (nSPS) is 17.5. The molecule has 1 fully saturated rings. The maximum atomic E-state index is 12.4. The molecule has 1 aliphatic heterocycles. The number of carbonyl (C=O) groups is 1. The topological polar surface area (TPSA) is 50.4 Å². The van der Waals surface area contributed by atoms with E-state index in [0.717, 1.165) is 38.1 Å². The van der Waals surface area contributed by atoms with Crippen LogP contribution in [0.15, 0.2) is 24.3 Å². The van der Waals surface area contributed by atoms with Crippen molar-refractivity contribution in [3.8, 4) is 5.75 Å². The Morgan fingerprint density at radius 1 is 1.40 bits per heavy atom. The zero-order chi connectivity index (χ0) is 14.4. The van der Waals surface area contributed by atoms with Crippen molar-refractivity contribution in [3.63, 3.8) is 0 Å². The van der Waals surface area contributed by atoms with Gasteiger partial charge in [-0.1, -0.05) is 13.0 Å². The Morgan fingerprint density at radius 2 is 2.15 bits per heavy atom. The highest BCUT2D eigenvalue weighted by atomic mass is 16.5. The SMILES string of the molecule is CCCOc1cccc(C(=O)NC2(C)CCNCC2)c1. The van der Waals surface area contributed by atoms with Crippen LogP contribution in [0.4, 0.5) is 0 Å². The minimum absolute atomic E-state index is 0.0173. The highest BCUT2D eigenvalue weighted by Gasteiger charge is 2.28. The van der Waals surface area contributed by atoms with E-state index >= 15 is 0 Å². The second-order valence-corrected chi connectivity index (χ2v) is 5.64. The predicted octanol–water partition coefficient (Wildman–Crippen LogP) is 2.35. The maximum absolute atomic E-state index is 12.4. The molecule has 2 N–H and O–H groups in total. The standard InChI is InChI=1S/C16H24N2O2/c1-3-11-20-14-6-4-5-13(12-14)15(19)18-16(2)7-9-17-10-8-16/h4-6,12,17H,3,7-11H2,1-2H3,(H,18,19). The molecule has 0 bridgehead atoms. The molecule has 0 unspecified atom stereocenters. The fraction of sp³-hybridized carbons (Fsp3) is 0.562. The summed E-state index contributed by atoms with van der Waals surface area (Å²) >= 11 is 0. The molecule has 1 aromatic rings. The van der Waals surface area contributed by atoms with E-state index in [1.54, 1.807) is 0 Å². The fourth-order valence-electron chi connectivity index (χ4n) is 2.40. The van der Waals surface area contributed by atoms with Crippen LogP contribution in [-0.4, -0.2) is 31.1 Å². The summed E-state index contributed by atoms with van der Waals surface area (Å²) in [7, 11) is 0. The van der Waals surface area contributed by atoms with Gasteiger partial charge in [-0.2, -0.15) is 0 Å². The van der Waals surface area contributed by atoms with Gasteiger partial charge in [-0.05, 0) is 57.5 Å². The molecule has 1 amide bonds. The van der Waals surface area contributed by atoms with E-state index in [2.05, 4.69) is 24.5 Å². The number of benzene rings is 1. The van der Waals surface area contributed by atoms with E-state index in [-0.39, 0.29) is 11.4 Å². The van der Waals surface area contributed by atoms with Crippen LogP contribution in [0.3, 0.4) is 0 Å². The molecule has 0 radical (unpaired) electrons. The highest BCUT2D eigenvalue weighted by molar-refractivity contribution is 5.95. The molecule has 2 rings (SSSR count). The van der Waals surface area contributed by atoms with Crippen molar-refractivity contribution in [1.29, 1.82) is 0 Å². The monoisotopic (exact) mass is 276 g/mol. The van der Waals surface area contributed by atoms with Crippen LogP contribution in [0.5, 0.6) is 5.75 Å². The third kappa shape index (κ3) is 3.97. The first-order valence-corrected chi connectivity index (χ1v) is 7.39. The summed E-state index contributed by atoms with van der Waals surface area (Å²) in [6, 6.07) is 7.40.